The molecule has 0 saturated carbocycles. The Bertz CT molecular complexity index is 650. The third-order valence-corrected chi connectivity index (χ3v) is 4.54. The SMILES string of the molecule is COC1(Cn2c(C)nc3ncc(Br)cc32)CN(CCN)C1. The molecule has 0 bridgehead atoms. The molecule has 1 aliphatic rings. The standard InChI is InChI=1S/C14H20BrN5O/c1-10-18-13-12(5-11(15)6-17-13)20(10)9-14(21-2)7-19(8-14)4-3-16/h5-6H,3-4,7-9,16H2,1-2H3. The molecule has 2 aromatic heterocycles. The zero-order valence-electron chi connectivity index (χ0n) is 12.3. The number of rotatable bonds is 5. The molecule has 6 nitrogen and oxygen atoms in total. The van der Waals surface area contributed by atoms with Crippen LogP contribution in [0.3, 0.4) is 0 Å². The Morgan fingerprint density at radius 3 is 2.90 bits per heavy atom. The molecule has 1 aliphatic heterocycles. The van der Waals surface area contributed by atoms with E-state index in [0.29, 0.717) is 6.54 Å². The van der Waals surface area contributed by atoms with Gasteiger partial charge in [-0.05, 0) is 28.9 Å². The number of fused-ring (bicyclic) bond motifs is 1. The van der Waals surface area contributed by atoms with Crippen molar-refractivity contribution < 1.29 is 4.74 Å². The molecule has 0 aromatic carbocycles. The first kappa shape index (κ1) is 14.9. The van der Waals surface area contributed by atoms with E-state index in [4.69, 9.17) is 10.5 Å². The number of pyridine rings is 1. The number of ether oxygens (including phenoxy) is 1. The quantitative estimate of drug-likeness (QED) is 0.873. The van der Waals surface area contributed by atoms with E-state index in [1.807, 2.05) is 6.92 Å². The summed E-state index contributed by atoms with van der Waals surface area (Å²) in [5, 5.41) is 0. The van der Waals surface area contributed by atoms with Gasteiger partial charge in [-0.1, -0.05) is 0 Å². The van der Waals surface area contributed by atoms with Crippen LogP contribution in [0, 0.1) is 6.92 Å². The van der Waals surface area contributed by atoms with E-state index in [-0.39, 0.29) is 5.60 Å². The molecule has 1 fully saturated rings. The van der Waals surface area contributed by atoms with Crippen molar-refractivity contribution in [3.05, 3.63) is 22.6 Å². The third kappa shape index (κ3) is 2.70. The molecule has 3 rings (SSSR count). The van der Waals surface area contributed by atoms with E-state index in [1.165, 1.54) is 0 Å². The van der Waals surface area contributed by atoms with E-state index in [9.17, 15) is 0 Å². The number of hydrogen-bond acceptors (Lipinski definition) is 5. The molecular formula is C14H20BrN5O. The van der Waals surface area contributed by atoms with Gasteiger partial charge in [-0.3, -0.25) is 4.90 Å². The van der Waals surface area contributed by atoms with Gasteiger partial charge in [-0.25, -0.2) is 9.97 Å². The van der Waals surface area contributed by atoms with E-state index in [0.717, 1.165) is 47.6 Å². The number of aryl methyl sites for hydroxylation is 1. The second-order valence-electron chi connectivity index (χ2n) is 5.63. The highest BCUT2D eigenvalue weighted by molar-refractivity contribution is 9.10. The van der Waals surface area contributed by atoms with Crippen LogP contribution in [0.5, 0.6) is 0 Å². The van der Waals surface area contributed by atoms with Crippen molar-refractivity contribution in [3.8, 4) is 0 Å². The Morgan fingerprint density at radius 2 is 2.24 bits per heavy atom. The average Bonchev–Trinajstić information content (AvgIpc) is 2.72. The van der Waals surface area contributed by atoms with Gasteiger partial charge in [0.15, 0.2) is 5.65 Å². The highest BCUT2D eigenvalue weighted by atomic mass is 79.9. The maximum atomic E-state index is 5.79. The van der Waals surface area contributed by atoms with Crippen molar-refractivity contribution in [2.75, 3.05) is 33.3 Å². The minimum Gasteiger partial charge on any atom is -0.374 e. The highest BCUT2D eigenvalue weighted by Crippen LogP contribution is 2.29. The predicted octanol–water partition coefficient (Wildman–Crippen LogP) is 1.16. The largest absolute Gasteiger partial charge is 0.374 e. The number of imidazole rings is 1. The fraction of sp³-hybridized carbons (Fsp3) is 0.571. The van der Waals surface area contributed by atoms with E-state index < -0.39 is 0 Å². The predicted molar refractivity (Wildman–Crippen MR) is 85.2 cm³/mol. The molecule has 7 heteroatoms. The van der Waals surface area contributed by atoms with Crippen LogP contribution in [0.2, 0.25) is 0 Å². The molecule has 0 unspecified atom stereocenters. The summed E-state index contributed by atoms with van der Waals surface area (Å²) in [6.07, 6.45) is 1.78. The Balaban J connectivity index is 1.87. The summed E-state index contributed by atoms with van der Waals surface area (Å²) >= 11 is 3.48. The first-order valence-electron chi connectivity index (χ1n) is 7.03. The number of nitrogens with two attached hydrogens (primary N) is 1. The van der Waals surface area contributed by atoms with Crippen molar-refractivity contribution >= 4 is 27.1 Å². The van der Waals surface area contributed by atoms with E-state index in [1.54, 1.807) is 13.3 Å². The summed E-state index contributed by atoms with van der Waals surface area (Å²) < 4.78 is 8.94. The fourth-order valence-electron chi connectivity index (χ4n) is 2.98. The maximum Gasteiger partial charge on any atom is 0.177 e. The van der Waals surface area contributed by atoms with E-state index >= 15 is 0 Å². The van der Waals surface area contributed by atoms with Crippen molar-refractivity contribution in [1.82, 2.24) is 19.4 Å². The molecule has 2 N–H and O–H groups in total. The molecule has 21 heavy (non-hydrogen) atoms. The Hall–Kier alpha value is -1.02. The number of hydrogen-bond donors (Lipinski definition) is 1. The van der Waals surface area contributed by atoms with Gasteiger partial charge < -0.3 is 15.0 Å². The number of halogens is 1. The van der Waals surface area contributed by atoms with Gasteiger partial charge in [0.05, 0.1) is 12.1 Å². The van der Waals surface area contributed by atoms with Crippen molar-refractivity contribution in [1.29, 1.82) is 0 Å². The molecule has 114 valence electrons. The molecule has 3 heterocycles. The lowest BCUT2D eigenvalue weighted by atomic mass is 9.93. The molecule has 2 aromatic rings. The maximum absolute atomic E-state index is 5.79. The summed E-state index contributed by atoms with van der Waals surface area (Å²) in [7, 11) is 1.78. The van der Waals surface area contributed by atoms with Gasteiger partial charge in [-0.2, -0.15) is 0 Å². The minimum absolute atomic E-state index is 0.157. The Kier molecular flexibility index (Phi) is 4.00. The fourth-order valence-corrected chi connectivity index (χ4v) is 3.30. The monoisotopic (exact) mass is 353 g/mol. The number of aromatic nitrogens is 3. The van der Waals surface area contributed by atoms with Gasteiger partial charge in [0.2, 0.25) is 0 Å². The number of likely N-dealkylation sites (tertiary alicyclic amines) is 1. The normalized spacial score (nSPS) is 18.1. The van der Waals surface area contributed by atoms with Crippen LogP contribution in [0.15, 0.2) is 16.7 Å². The third-order valence-electron chi connectivity index (χ3n) is 4.11. The van der Waals surface area contributed by atoms with E-state index in [2.05, 4.69) is 41.4 Å². The van der Waals surface area contributed by atoms with Crippen LogP contribution < -0.4 is 5.73 Å². The zero-order valence-corrected chi connectivity index (χ0v) is 13.9. The molecular weight excluding hydrogens is 334 g/mol. The second-order valence-corrected chi connectivity index (χ2v) is 6.54. The highest BCUT2D eigenvalue weighted by Gasteiger charge is 2.43. The molecule has 0 atom stereocenters. The number of nitrogens with zero attached hydrogens (tertiary/aromatic N) is 4. The summed E-state index contributed by atoms with van der Waals surface area (Å²) in [4.78, 5) is 11.2. The van der Waals surface area contributed by atoms with Crippen molar-refractivity contribution in [2.24, 2.45) is 5.73 Å². The lowest BCUT2D eigenvalue weighted by Gasteiger charge is -2.49. The van der Waals surface area contributed by atoms with Crippen LogP contribution >= 0.6 is 15.9 Å². The minimum atomic E-state index is -0.157. The molecule has 0 spiro atoms. The summed E-state index contributed by atoms with van der Waals surface area (Å²) in [5.74, 6) is 0.962. The molecule has 1 saturated heterocycles. The molecule has 0 radical (unpaired) electrons. The van der Waals surface area contributed by atoms with Gasteiger partial charge in [0.1, 0.15) is 11.4 Å². The summed E-state index contributed by atoms with van der Waals surface area (Å²) in [6, 6.07) is 2.06. The van der Waals surface area contributed by atoms with Gasteiger partial charge >= 0.3 is 0 Å². The average molecular weight is 354 g/mol. The van der Waals surface area contributed by atoms with Gasteiger partial charge in [0, 0.05) is 44.0 Å². The smallest absolute Gasteiger partial charge is 0.177 e. The van der Waals surface area contributed by atoms with Gasteiger partial charge in [0.25, 0.3) is 0 Å². The van der Waals surface area contributed by atoms with Crippen LogP contribution in [0.25, 0.3) is 11.2 Å². The van der Waals surface area contributed by atoms with Gasteiger partial charge in [-0.15, -0.1) is 0 Å². The Morgan fingerprint density at radius 1 is 1.48 bits per heavy atom. The Labute approximate surface area is 132 Å². The second kappa shape index (κ2) is 5.64. The van der Waals surface area contributed by atoms with Crippen molar-refractivity contribution in [3.63, 3.8) is 0 Å². The first-order valence-corrected chi connectivity index (χ1v) is 7.82. The molecule has 0 amide bonds. The lowest BCUT2D eigenvalue weighted by Crippen LogP contribution is -2.65. The number of methoxy groups -OCH3 is 1. The summed E-state index contributed by atoms with van der Waals surface area (Å²) in [5.41, 5.74) is 7.27. The lowest BCUT2D eigenvalue weighted by molar-refractivity contribution is -0.131. The van der Waals surface area contributed by atoms with Crippen LogP contribution in [0.1, 0.15) is 5.82 Å². The zero-order chi connectivity index (χ0) is 15.0. The topological polar surface area (TPSA) is 69.2 Å². The molecule has 0 aliphatic carbocycles. The van der Waals surface area contributed by atoms with Crippen LogP contribution in [-0.4, -0.2) is 58.3 Å². The van der Waals surface area contributed by atoms with Crippen molar-refractivity contribution in [2.45, 2.75) is 19.1 Å². The summed E-state index contributed by atoms with van der Waals surface area (Å²) in [6.45, 7) is 6.20. The van der Waals surface area contributed by atoms with Crippen LogP contribution in [0.4, 0.5) is 0 Å². The first-order chi connectivity index (χ1) is 10.1. The van der Waals surface area contributed by atoms with Crippen LogP contribution in [-0.2, 0) is 11.3 Å².